The van der Waals surface area contributed by atoms with Crippen LogP contribution >= 0.6 is 0 Å². The minimum Gasteiger partial charge on any atom is -0.475 e. The Hall–Kier alpha value is -3.20. The highest BCUT2D eigenvalue weighted by Gasteiger charge is 2.43. The average molecular weight is 571 g/mol. The lowest BCUT2D eigenvalue weighted by molar-refractivity contribution is -0.193. The minimum atomic E-state index is -5.08. The van der Waals surface area contributed by atoms with Gasteiger partial charge >= 0.3 is 24.3 Å². The number of halogens is 7. The predicted octanol–water partition coefficient (Wildman–Crippen LogP) is 4.75. The molecule has 3 heterocycles. The van der Waals surface area contributed by atoms with E-state index in [1.807, 2.05) is 12.1 Å². The average Bonchev–Trinajstić information content (AvgIpc) is 3.42. The third kappa shape index (κ3) is 9.80. The third-order valence-corrected chi connectivity index (χ3v) is 6.61. The maximum Gasteiger partial charge on any atom is 0.490 e. The normalized spacial score (nSPS) is 17.6. The van der Waals surface area contributed by atoms with Crippen molar-refractivity contribution in [2.45, 2.75) is 63.6 Å². The number of carboxylic acid groups (broad SMARTS) is 2. The van der Waals surface area contributed by atoms with Gasteiger partial charge in [-0.1, -0.05) is 12.1 Å². The lowest BCUT2D eigenvalue weighted by Gasteiger charge is -2.45. The Morgan fingerprint density at radius 3 is 1.87 bits per heavy atom. The van der Waals surface area contributed by atoms with Crippen LogP contribution in [0.4, 0.5) is 30.7 Å². The number of nitrogens with zero attached hydrogens (tertiary/aromatic N) is 3. The molecular weight excluding hydrogens is 541 g/mol. The monoisotopic (exact) mass is 570 g/mol. The number of hydrogen-bond acceptors (Lipinski definition) is 5. The molecule has 2 saturated heterocycles. The SMILES string of the molecule is Cc1[nH]cnc1CN1CCC2(CCCN2Cc2ccc(F)cc2)CC1.O=C(O)C(F)(F)F.O=C(O)C(F)(F)F. The molecule has 8 nitrogen and oxygen atoms in total. The summed E-state index contributed by atoms with van der Waals surface area (Å²) < 4.78 is 76.6. The van der Waals surface area contributed by atoms with Gasteiger partial charge in [-0.25, -0.2) is 19.0 Å². The number of imidazole rings is 1. The quantitative estimate of drug-likeness (QED) is 0.455. The topological polar surface area (TPSA) is 110 Å². The molecule has 2 aliphatic rings. The first-order valence-electron chi connectivity index (χ1n) is 11.8. The van der Waals surface area contributed by atoms with Crippen LogP contribution in [0.25, 0.3) is 0 Å². The van der Waals surface area contributed by atoms with E-state index in [-0.39, 0.29) is 5.82 Å². The molecule has 1 aromatic heterocycles. The molecule has 2 aromatic rings. The smallest absolute Gasteiger partial charge is 0.475 e. The second-order valence-corrected chi connectivity index (χ2v) is 9.23. The lowest BCUT2D eigenvalue weighted by atomic mass is 9.84. The number of alkyl halides is 6. The molecule has 0 unspecified atom stereocenters. The molecule has 39 heavy (non-hydrogen) atoms. The van der Waals surface area contributed by atoms with Gasteiger partial charge in [0, 0.05) is 37.4 Å². The van der Waals surface area contributed by atoms with Crippen LogP contribution in [0.15, 0.2) is 30.6 Å². The zero-order chi connectivity index (χ0) is 29.4. The zero-order valence-corrected chi connectivity index (χ0v) is 20.9. The van der Waals surface area contributed by atoms with Gasteiger partial charge in [0.25, 0.3) is 0 Å². The van der Waals surface area contributed by atoms with Gasteiger partial charge in [-0.2, -0.15) is 26.3 Å². The summed E-state index contributed by atoms with van der Waals surface area (Å²) in [4.78, 5) is 30.6. The summed E-state index contributed by atoms with van der Waals surface area (Å²) in [6.07, 6.45) is -3.37. The Bertz CT molecular complexity index is 1060. The number of hydrogen-bond donors (Lipinski definition) is 3. The molecule has 0 radical (unpaired) electrons. The van der Waals surface area contributed by atoms with Gasteiger partial charge in [0.15, 0.2) is 0 Å². The van der Waals surface area contributed by atoms with Crippen molar-refractivity contribution in [3.63, 3.8) is 0 Å². The second-order valence-electron chi connectivity index (χ2n) is 9.23. The maximum absolute atomic E-state index is 13.1. The summed E-state index contributed by atoms with van der Waals surface area (Å²) >= 11 is 0. The van der Waals surface area contributed by atoms with Crippen molar-refractivity contribution >= 4 is 11.9 Å². The van der Waals surface area contributed by atoms with E-state index in [9.17, 15) is 30.7 Å². The molecule has 1 aromatic carbocycles. The molecule has 0 atom stereocenters. The van der Waals surface area contributed by atoms with Gasteiger partial charge in [0.05, 0.1) is 12.0 Å². The highest BCUT2D eigenvalue weighted by Crippen LogP contribution is 2.39. The molecule has 15 heteroatoms. The minimum absolute atomic E-state index is 0.151. The van der Waals surface area contributed by atoms with Crippen LogP contribution in [0.3, 0.4) is 0 Å². The number of aryl methyl sites for hydroxylation is 1. The Kier molecular flexibility index (Phi) is 10.9. The fraction of sp³-hybridized carbons (Fsp3) is 0.542. The van der Waals surface area contributed by atoms with Gasteiger partial charge in [-0.05, 0) is 56.8 Å². The number of likely N-dealkylation sites (tertiary alicyclic amines) is 2. The number of carbonyl (C=O) groups is 2. The molecule has 0 saturated carbocycles. The van der Waals surface area contributed by atoms with E-state index < -0.39 is 24.3 Å². The maximum atomic E-state index is 13.1. The van der Waals surface area contributed by atoms with E-state index in [0.29, 0.717) is 5.54 Å². The van der Waals surface area contributed by atoms with Gasteiger partial charge in [0.2, 0.25) is 0 Å². The third-order valence-electron chi connectivity index (χ3n) is 6.61. The summed E-state index contributed by atoms with van der Waals surface area (Å²) in [6, 6.07) is 7.01. The summed E-state index contributed by atoms with van der Waals surface area (Å²) in [5.41, 5.74) is 3.91. The Morgan fingerprint density at radius 2 is 1.44 bits per heavy atom. The van der Waals surface area contributed by atoms with Crippen LogP contribution < -0.4 is 0 Å². The highest BCUT2D eigenvalue weighted by molar-refractivity contribution is 5.73. The highest BCUT2D eigenvalue weighted by atomic mass is 19.4. The van der Waals surface area contributed by atoms with E-state index >= 15 is 0 Å². The van der Waals surface area contributed by atoms with Crippen molar-refractivity contribution in [1.29, 1.82) is 0 Å². The van der Waals surface area contributed by atoms with Crippen molar-refractivity contribution in [2.75, 3.05) is 19.6 Å². The van der Waals surface area contributed by atoms with E-state index in [1.165, 1.54) is 42.6 Å². The van der Waals surface area contributed by atoms with E-state index in [2.05, 4.69) is 26.7 Å². The number of H-pyrrole nitrogens is 1. The number of piperidine rings is 1. The van der Waals surface area contributed by atoms with Crippen molar-refractivity contribution in [3.8, 4) is 0 Å². The number of aliphatic carboxylic acids is 2. The van der Waals surface area contributed by atoms with Crippen molar-refractivity contribution in [1.82, 2.24) is 19.8 Å². The van der Waals surface area contributed by atoms with Crippen LogP contribution in [0.2, 0.25) is 0 Å². The van der Waals surface area contributed by atoms with E-state index in [4.69, 9.17) is 19.8 Å². The van der Waals surface area contributed by atoms with E-state index in [0.717, 1.165) is 32.7 Å². The Morgan fingerprint density at radius 1 is 0.923 bits per heavy atom. The largest absolute Gasteiger partial charge is 0.490 e. The van der Waals surface area contributed by atoms with Gasteiger partial charge < -0.3 is 15.2 Å². The molecule has 0 aliphatic carbocycles. The Labute approximate surface area is 219 Å². The van der Waals surface area contributed by atoms with Crippen molar-refractivity contribution in [2.24, 2.45) is 0 Å². The fourth-order valence-corrected chi connectivity index (χ4v) is 4.50. The molecule has 0 bridgehead atoms. The molecule has 218 valence electrons. The summed E-state index contributed by atoms with van der Waals surface area (Å²) in [5.74, 6) is -5.66. The second kappa shape index (κ2) is 13.2. The van der Waals surface area contributed by atoms with E-state index in [1.54, 1.807) is 18.5 Å². The van der Waals surface area contributed by atoms with Crippen LogP contribution in [-0.4, -0.2) is 79.4 Å². The van der Waals surface area contributed by atoms with Crippen LogP contribution in [0.1, 0.15) is 42.6 Å². The molecule has 2 fully saturated rings. The first-order chi connectivity index (χ1) is 18.0. The standard InChI is InChI=1S/C20H27FN4.2C2HF3O2/c1-16-19(23-15-22-16)14-24-11-8-20(9-12-24)7-2-10-25(20)13-17-3-5-18(21)6-4-17;2*3-2(4,5)1(6)7/h3-6,15H,2,7-14H2,1H3,(H,22,23);2*(H,6,7). The first kappa shape index (κ1) is 32.0. The van der Waals surface area contributed by atoms with Crippen LogP contribution in [-0.2, 0) is 22.7 Å². The molecule has 2 aliphatic heterocycles. The van der Waals surface area contributed by atoms with Crippen LogP contribution in [0.5, 0.6) is 0 Å². The number of rotatable bonds is 4. The number of carboxylic acids is 2. The molecule has 4 rings (SSSR count). The summed E-state index contributed by atoms with van der Waals surface area (Å²) in [7, 11) is 0. The lowest BCUT2D eigenvalue weighted by Crippen LogP contribution is -2.51. The summed E-state index contributed by atoms with van der Waals surface area (Å²) in [5, 5.41) is 14.2. The number of nitrogens with one attached hydrogen (secondary N) is 1. The number of benzene rings is 1. The first-order valence-corrected chi connectivity index (χ1v) is 11.8. The van der Waals surface area contributed by atoms with Crippen LogP contribution in [0, 0.1) is 12.7 Å². The summed E-state index contributed by atoms with van der Waals surface area (Å²) in [6.45, 7) is 7.41. The predicted molar refractivity (Wildman–Crippen MR) is 124 cm³/mol. The number of aromatic amines is 1. The zero-order valence-electron chi connectivity index (χ0n) is 20.9. The molecule has 1 spiro atoms. The fourth-order valence-electron chi connectivity index (χ4n) is 4.50. The molecule has 3 N–H and O–H groups in total. The number of aromatic nitrogens is 2. The van der Waals surface area contributed by atoms with Crippen molar-refractivity contribution in [3.05, 3.63) is 53.4 Å². The molecular formula is C24H29F7N4O4. The van der Waals surface area contributed by atoms with Crippen molar-refractivity contribution < 1.29 is 50.5 Å². The Balaban J connectivity index is 0.000000317. The van der Waals surface area contributed by atoms with Gasteiger partial charge in [0.1, 0.15) is 5.82 Å². The van der Waals surface area contributed by atoms with Gasteiger partial charge in [-0.3, -0.25) is 9.80 Å². The van der Waals surface area contributed by atoms with Gasteiger partial charge in [-0.15, -0.1) is 0 Å². The molecule has 0 amide bonds.